The summed E-state index contributed by atoms with van der Waals surface area (Å²) in [5, 5.41) is 6.30. The van der Waals surface area contributed by atoms with Crippen LogP contribution in [0.25, 0.3) is 0 Å². The van der Waals surface area contributed by atoms with Gasteiger partial charge in [-0.15, -0.1) is 0 Å². The van der Waals surface area contributed by atoms with Crippen molar-refractivity contribution in [3.05, 3.63) is 0 Å². The highest BCUT2D eigenvalue weighted by atomic mass is 16.2. The first kappa shape index (κ1) is 10.4. The fourth-order valence-corrected chi connectivity index (χ4v) is 3.89. The Labute approximate surface area is 97.4 Å². The summed E-state index contributed by atoms with van der Waals surface area (Å²) in [4.78, 5) is 11.8. The van der Waals surface area contributed by atoms with Crippen LogP contribution in [0.4, 0.5) is 4.79 Å². The topological polar surface area (TPSA) is 41.1 Å². The number of nitrogens with one attached hydrogen (secondary N) is 2. The third kappa shape index (κ3) is 2.04. The van der Waals surface area contributed by atoms with Crippen molar-refractivity contribution in [3.63, 3.8) is 0 Å². The zero-order valence-electron chi connectivity index (χ0n) is 9.87. The van der Waals surface area contributed by atoms with Crippen molar-refractivity contribution in [2.45, 2.75) is 63.5 Å². The highest BCUT2D eigenvalue weighted by Crippen LogP contribution is 2.44. The Morgan fingerprint density at radius 1 is 0.938 bits per heavy atom. The van der Waals surface area contributed by atoms with E-state index in [1.807, 2.05) is 0 Å². The van der Waals surface area contributed by atoms with Gasteiger partial charge in [0, 0.05) is 12.1 Å². The number of carbonyl (C=O) groups excluding carboxylic acids is 1. The maximum Gasteiger partial charge on any atom is 0.315 e. The van der Waals surface area contributed by atoms with Crippen LogP contribution < -0.4 is 10.6 Å². The van der Waals surface area contributed by atoms with Gasteiger partial charge < -0.3 is 10.6 Å². The summed E-state index contributed by atoms with van der Waals surface area (Å²) in [5.41, 5.74) is 0. The van der Waals surface area contributed by atoms with E-state index in [0.29, 0.717) is 12.1 Å². The Kier molecular flexibility index (Phi) is 2.78. The van der Waals surface area contributed by atoms with Crippen LogP contribution in [0.2, 0.25) is 0 Å². The van der Waals surface area contributed by atoms with Gasteiger partial charge in [0.25, 0.3) is 0 Å². The van der Waals surface area contributed by atoms with E-state index in [4.69, 9.17) is 0 Å². The van der Waals surface area contributed by atoms with Crippen molar-refractivity contribution < 1.29 is 4.79 Å². The van der Waals surface area contributed by atoms with Gasteiger partial charge in [-0.3, -0.25) is 0 Å². The van der Waals surface area contributed by atoms with E-state index in [9.17, 15) is 4.79 Å². The lowest BCUT2D eigenvalue weighted by Gasteiger charge is -2.24. The fraction of sp³-hybridized carbons (Fsp3) is 0.923. The molecule has 16 heavy (non-hydrogen) atoms. The van der Waals surface area contributed by atoms with Gasteiger partial charge in [-0.2, -0.15) is 0 Å². The van der Waals surface area contributed by atoms with Crippen LogP contribution in [0.5, 0.6) is 0 Å². The second kappa shape index (κ2) is 4.27. The molecule has 3 heteroatoms. The molecule has 3 fully saturated rings. The number of fused-ring (bicyclic) bond motifs is 2. The third-order valence-corrected chi connectivity index (χ3v) is 4.74. The van der Waals surface area contributed by atoms with Crippen LogP contribution in [0.15, 0.2) is 0 Å². The van der Waals surface area contributed by atoms with Crippen LogP contribution >= 0.6 is 0 Å². The molecule has 3 saturated carbocycles. The number of hydrogen-bond acceptors (Lipinski definition) is 1. The first-order valence-corrected chi connectivity index (χ1v) is 6.88. The van der Waals surface area contributed by atoms with Gasteiger partial charge in [0.2, 0.25) is 0 Å². The molecule has 90 valence electrons. The van der Waals surface area contributed by atoms with Crippen LogP contribution in [0.1, 0.15) is 51.4 Å². The number of amides is 2. The Morgan fingerprint density at radius 2 is 1.75 bits per heavy atom. The largest absolute Gasteiger partial charge is 0.335 e. The SMILES string of the molecule is O=C(NC1CCCC1)NC1CC2CCC1C2. The molecule has 3 aliphatic rings. The van der Waals surface area contributed by atoms with Gasteiger partial charge in [-0.05, 0) is 43.9 Å². The first-order chi connectivity index (χ1) is 7.81. The van der Waals surface area contributed by atoms with E-state index >= 15 is 0 Å². The molecule has 0 aromatic carbocycles. The molecule has 3 unspecified atom stereocenters. The summed E-state index contributed by atoms with van der Waals surface area (Å²) in [7, 11) is 0. The van der Waals surface area contributed by atoms with Gasteiger partial charge >= 0.3 is 6.03 Å². The normalized spacial score (nSPS) is 37.9. The van der Waals surface area contributed by atoms with Crippen molar-refractivity contribution in [2.75, 3.05) is 0 Å². The van der Waals surface area contributed by atoms with Crippen LogP contribution in [-0.2, 0) is 0 Å². The van der Waals surface area contributed by atoms with Gasteiger partial charge in [-0.25, -0.2) is 4.79 Å². The summed E-state index contributed by atoms with van der Waals surface area (Å²) >= 11 is 0. The molecule has 3 atom stereocenters. The Hall–Kier alpha value is -0.730. The molecule has 2 bridgehead atoms. The molecule has 0 spiro atoms. The monoisotopic (exact) mass is 222 g/mol. The summed E-state index contributed by atoms with van der Waals surface area (Å²) in [6.45, 7) is 0. The molecule has 3 aliphatic carbocycles. The van der Waals surface area contributed by atoms with E-state index in [0.717, 1.165) is 11.8 Å². The molecule has 0 heterocycles. The van der Waals surface area contributed by atoms with Gasteiger partial charge in [-0.1, -0.05) is 19.3 Å². The van der Waals surface area contributed by atoms with Crippen molar-refractivity contribution in [1.82, 2.24) is 10.6 Å². The van der Waals surface area contributed by atoms with Crippen molar-refractivity contribution >= 4 is 6.03 Å². The molecule has 2 amide bonds. The van der Waals surface area contributed by atoms with Crippen molar-refractivity contribution in [2.24, 2.45) is 11.8 Å². The number of hydrogen-bond donors (Lipinski definition) is 2. The fourth-order valence-electron chi connectivity index (χ4n) is 3.89. The molecule has 2 N–H and O–H groups in total. The van der Waals surface area contributed by atoms with E-state index in [-0.39, 0.29) is 6.03 Å². The molecule has 0 aromatic heterocycles. The van der Waals surface area contributed by atoms with Gasteiger partial charge in [0.15, 0.2) is 0 Å². The summed E-state index contributed by atoms with van der Waals surface area (Å²) in [6.07, 6.45) is 10.2. The average Bonchev–Trinajstić information content (AvgIpc) is 2.92. The van der Waals surface area contributed by atoms with Crippen molar-refractivity contribution in [3.8, 4) is 0 Å². The molecule has 0 radical (unpaired) electrons. The highest BCUT2D eigenvalue weighted by Gasteiger charge is 2.40. The van der Waals surface area contributed by atoms with Gasteiger partial charge in [0.05, 0.1) is 0 Å². The first-order valence-electron chi connectivity index (χ1n) is 6.88. The number of carbonyl (C=O) groups is 1. The number of urea groups is 1. The highest BCUT2D eigenvalue weighted by molar-refractivity contribution is 5.74. The van der Waals surface area contributed by atoms with Crippen LogP contribution in [0, 0.1) is 11.8 Å². The second-order valence-corrected chi connectivity index (χ2v) is 5.88. The maximum atomic E-state index is 11.8. The minimum Gasteiger partial charge on any atom is -0.335 e. The Bertz CT molecular complexity index is 273. The minimum absolute atomic E-state index is 0.0875. The Morgan fingerprint density at radius 3 is 2.38 bits per heavy atom. The lowest BCUT2D eigenvalue weighted by Crippen LogP contribution is -2.47. The lowest BCUT2D eigenvalue weighted by molar-refractivity contribution is 0.227. The van der Waals surface area contributed by atoms with Crippen LogP contribution in [0.3, 0.4) is 0 Å². The van der Waals surface area contributed by atoms with E-state index in [1.54, 1.807) is 0 Å². The van der Waals surface area contributed by atoms with E-state index in [1.165, 1.54) is 51.4 Å². The van der Waals surface area contributed by atoms with E-state index < -0.39 is 0 Å². The summed E-state index contributed by atoms with van der Waals surface area (Å²) in [5.74, 6) is 1.68. The smallest absolute Gasteiger partial charge is 0.315 e. The quantitative estimate of drug-likeness (QED) is 0.740. The molecule has 3 rings (SSSR count). The average molecular weight is 222 g/mol. The second-order valence-electron chi connectivity index (χ2n) is 5.88. The molecule has 0 aromatic rings. The maximum absolute atomic E-state index is 11.8. The standard InChI is InChI=1S/C13H22N2O/c16-13(14-11-3-1-2-4-11)15-12-8-9-5-6-10(12)7-9/h9-12H,1-8H2,(H2,14,15,16). The molecular weight excluding hydrogens is 200 g/mol. The van der Waals surface area contributed by atoms with Crippen molar-refractivity contribution in [1.29, 1.82) is 0 Å². The van der Waals surface area contributed by atoms with Gasteiger partial charge in [0.1, 0.15) is 0 Å². The Balaban J connectivity index is 1.45. The summed E-state index contributed by atoms with van der Waals surface area (Å²) in [6, 6.07) is 1.00. The zero-order valence-corrected chi connectivity index (χ0v) is 9.87. The molecule has 0 aliphatic heterocycles. The predicted molar refractivity (Wildman–Crippen MR) is 63.2 cm³/mol. The molecular formula is C13H22N2O. The summed E-state index contributed by atoms with van der Waals surface area (Å²) < 4.78 is 0. The zero-order chi connectivity index (χ0) is 11.0. The number of rotatable bonds is 2. The lowest BCUT2D eigenvalue weighted by atomic mass is 9.95. The predicted octanol–water partition coefficient (Wildman–Crippen LogP) is 2.42. The molecule has 0 saturated heterocycles. The third-order valence-electron chi connectivity index (χ3n) is 4.74. The van der Waals surface area contributed by atoms with E-state index in [2.05, 4.69) is 10.6 Å². The molecule has 3 nitrogen and oxygen atoms in total. The van der Waals surface area contributed by atoms with Crippen LogP contribution in [-0.4, -0.2) is 18.1 Å². The minimum atomic E-state index is 0.0875.